The van der Waals surface area contributed by atoms with E-state index in [1.54, 1.807) is 24.3 Å². The normalized spacial score (nSPS) is 11.1. The minimum atomic E-state index is -0.753. The predicted octanol–water partition coefficient (Wildman–Crippen LogP) is 3.63. The Hall–Kier alpha value is -2.04. The fraction of sp³-hybridized carbons (Fsp3) is 0.556. The Balaban J connectivity index is 2.26. The standard InChI is InChI=1S/C18H27NO4/c1-18(2,3)23-15-11-9-14(10-12-15)17(22)19-13-7-5-4-6-8-16(20)21/h9-12H,4-8,13H2,1-3H3,(H,19,22)(H,20,21). The van der Waals surface area contributed by atoms with E-state index in [1.807, 2.05) is 20.8 Å². The predicted molar refractivity (Wildman–Crippen MR) is 89.9 cm³/mol. The van der Waals surface area contributed by atoms with Crippen LogP contribution in [0.3, 0.4) is 0 Å². The number of hydrogen-bond donors (Lipinski definition) is 2. The third-order valence-electron chi connectivity index (χ3n) is 3.14. The zero-order chi connectivity index (χ0) is 17.3. The lowest BCUT2D eigenvalue weighted by Crippen LogP contribution is -2.25. The monoisotopic (exact) mass is 321 g/mol. The van der Waals surface area contributed by atoms with Crippen molar-refractivity contribution in [3.8, 4) is 5.75 Å². The molecular weight excluding hydrogens is 294 g/mol. The van der Waals surface area contributed by atoms with Gasteiger partial charge in [0.1, 0.15) is 11.4 Å². The molecule has 0 aromatic heterocycles. The van der Waals surface area contributed by atoms with Gasteiger partial charge in [0.05, 0.1) is 0 Å². The van der Waals surface area contributed by atoms with E-state index in [1.165, 1.54) is 0 Å². The Labute approximate surface area is 138 Å². The molecule has 5 nitrogen and oxygen atoms in total. The van der Waals surface area contributed by atoms with E-state index < -0.39 is 5.97 Å². The van der Waals surface area contributed by atoms with Crippen molar-refractivity contribution in [3.05, 3.63) is 29.8 Å². The number of aliphatic carboxylic acids is 1. The Morgan fingerprint density at radius 2 is 1.65 bits per heavy atom. The van der Waals surface area contributed by atoms with E-state index in [0.29, 0.717) is 18.5 Å². The quantitative estimate of drug-likeness (QED) is 0.681. The maximum atomic E-state index is 12.0. The minimum Gasteiger partial charge on any atom is -0.488 e. The highest BCUT2D eigenvalue weighted by molar-refractivity contribution is 5.94. The molecule has 0 bridgehead atoms. The molecule has 0 saturated carbocycles. The fourth-order valence-electron chi connectivity index (χ4n) is 2.09. The summed E-state index contributed by atoms with van der Waals surface area (Å²) in [6.45, 7) is 6.53. The molecule has 0 heterocycles. The van der Waals surface area contributed by atoms with E-state index in [4.69, 9.17) is 9.84 Å². The average molecular weight is 321 g/mol. The summed E-state index contributed by atoms with van der Waals surface area (Å²) in [6, 6.07) is 7.10. The summed E-state index contributed by atoms with van der Waals surface area (Å²) in [6.07, 6.45) is 3.57. The molecule has 0 aliphatic carbocycles. The Morgan fingerprint density at radius 1 is 1.04 bits per heavy atom. The van der Waals surface area contributed by atoms with Crippen molar-refractivity contribution in [2.75, 3.05) is 6.54 Å². The summed E-state index contributed by atoms with van der Waals surface area (Å²) in [5, 5.41) is 11.4. The second kappa shape index (κ2) is 9.18. The molecule has 0 unspecified atom stereocenters. The van der Waals surface area contributed by atoms with Crippen LogP contribution in [0.2, 0.25) is 0 Å². The van der Waals surface area contributed by atoms with Crippen LogP contribution in [0, 0.1) is 0 Å². The van der Waals surface area contributed by atoms with Crippen LogP contribution in [-0.2, 0) is 4.79 Å². The number of ether oxygens (including phenoxy) is 1. The molecule has 128 valence electrons. The molecule has 5 heteroatoms. The highest BCUT2D eigenvalue weighted by Crippen LogP contribution is 2.18. The third-order valence-corrected chi connectivity index (χ3v) is 3.14. The van der Waals surface area contributed by atoms with Crippen molar-refractivity contribution in [3.63, 3.8) is 0 Å². The van der Waals surface area contributed by atoms with Crippen molar-refractivity contribution in [2.24, 2.45) is 0 Å². The molecule has 1 amide bonds. The molecule has 0 radical (unpaired) electrons. The molecule has 0 atom stereocenters. The number of carboxylic acids is 1. The first-order chi connectivity index (χ1) is 10.8. The Kier molecular flexibility index (Phi) is 7.59. The van der Waals surface area contributed by atoms with E-state index in [-0.39, 0.29) is 17.9 Å². The molecule has 1 aromatic carbocycles. The molecule has 0 spiro atoms. The number of hydrogen-bond acceptors (Lipinski definition) is 3. The van der Waals surface area contributed by atoms with Gasteiger partial charge in [-0.25, -0.2) is 0 Å². The molecule has 23 heavy (non-hydrogen) atoms. The number of amides is 1. The first-order valence-electron chi connectivity index (χ1n) is 8.07. The SMILES string of the molecule is CC(C)(C)Oc1ccc(C(=O)NCCCCCCC(=O)O)cc1. The molecule has 0 fully saturated rings. The summed E-state index contributed by atoms with van der Waals surface area (Å²) in [7, 11) is 0. The Morgan fingerprint density at radius 3 is 2.22 bits per heavy atom. The fourth-order valence-corrected chi connectivity index (χ4v) is 2.09. The zero-order valence-corrected chi connectivity index (χ0v) is 14.2. The highest BCUT2D eigenvalue weighted by atomic mass is 16.5. The second-order valence-electron chi connectivity index (χ2n) is 6.55. The topological polar surface area (TPSA) is 75.6 Å². The lowest BCUT2D eigenvalue weighted by Gasteiger charge is -2.21. The number of carbonyl (C=O) groups is 2. The molecular formula is C18H27NO4. The van der Waals surface area contributed by atoms with Crippen molar-refractivity contribution < 1.29 is 19.4 Å². The van der Waals surface area contributed by atoms with E-state index in [0.717, 1.165) is 25.0 Å². The van der Waals surface area contributed by atoms with Crippen LogP contribution in [0.4, 0.5) is 0 Å². The Bertz CT molecular complexity index is 503. The minimum absolute atomic E-state index is 0.0992. The maximum Gasteiger partial charge on any atom is 0.303 e. The summed E-state index contributed by atoms with van der Waals surface area (Å²) in [5.74, 6) is -0.109. The van der Waals surface area contributed by atoms with Crippen LogP contribution < -0.4 is 10.1 Å². The van der Waals surface area contributed by atoms with E-state index in [9.17, 15) is 9.59 Å². The molecule has 0 aliphatic rings. The summed E-state index contributed by atoms with van der Waals surface area (Å²) in [5.41, 5.74) is 0.349. The van der Waals surface area contributed by atoms with Crippen molar-refractivity contribution in [2.45, 2.75) is 58.5 Å². The van der Waals surface area contributed by atoms with Gasteiger partial charge in [0, 0.05) is 18.5 Å². The van der Waals surface area contributed by atoms with Gasteiger partial charge in [-0.15, -0.1) is 0 Å². The number of unbranched alkanes of at least 4 members (excludes halogenated alkanes) is 3. The van der Waals surface area contributed by atoms with Gasteiger partial charge < -0.3 is 15.2 Å². The molecule has 1 rings (SSSR count). The van der Waals surface area contributed by atoms with Crippen LogP contribution in [0.15, 0.2) is 24.3 Å². The van der Waals surface area contributed by atoms with Crippen molar-refractivity contribution >= 4 is 11.9 Å². The van der Waals surface area contributed by atoms with Gasteiger partial charge in [-0.3, -0.25) is 9.59 Å². The van der Waals surface area contributed by atoms with Crippen LogP contribution >= 0.6 is 0 Å². The lowest BCUT2D eigenvalue weighted by molar-refractivity contribution is -0.137. The zero-order valence-electron chi connectivity index (χ0n) is 14.2. The van der Waals surface area contributed by atoms with Crippen LogP contribution in [-0.4, -0.2) is 29.1 Å². The molecule has 0 saturated heterocycles. The summed E-state index contributed by atoms with van der Waals surface area (Å²) in [4.78, 5) is 22.4. The smallest absolute Gasteiger partial charge is 0.303 e. The van der Waals surface area contributed by atoms with Crippen molar-refractivity contribution in [1.82, 2.24) is 5.32 Å². The number of carboxylic acid groups (broad SMARTS) is 1. The number of rotatable bonds is 9. The third kappa shape index (κ3) is 8.86. The molecule has 0 aliphatic heterocycles. The van der Waals surface area contributed by atoms with Gasteiger partial charge in [-0.1, -0.05) is 12.8 Å². The first-order valence-corrected chi connectivity index (χ1v) is 8.07. The number of benzene rings is 1. The van der Waals surface area contributed by atoms with Gasteiger partial charge in [-0.05, 0) is 57.9 Å². The highest BCUT2D eigenvalue weighted by Gasteiger charge is 2.12. The van der Waals surface area contributed by atoms with Gasteiger partial charge in [0.15, 0.2) is 0 Å². The van der Waals surface area contributed by atoms with Crippen LogP contribution in [0.25, 0.3) is 0 Å². The number of nitrogens with one attached hydrogen (secondary N) is 1. The lowest BCUT2D eigenvalue weighted by atomic mass is 10.1. The summed E-state index contributed by atoms with van der Waals surface area (Å²) < 4.78 is 5.72. The van der Waals surface area contributed by atoms with Gasteiger partial charge in [0.2, 0.25) is 0 Å². The largest absolute Gasteiger partial charge is 0.488 e. The summed E-state index contributed by atoms with van der Waals surface area (Å²) >= 11 is 0. The van der Waals surface area contributed by atoms with Gasteiger partial charge in [0.25, 0.3) is 5.91 Å². The molecule has 2 N–H and O–H groups in total. The molecule has 1 aromatic rings. The number of carbonyl (C=O) groups excluding carboxylic acids is 1. The van der Waals surface area contributed by atoms with E-state index >= 15 is 0 Å². The van der Waals surface area contributed by atoms with Crippen LogP contribution in [0.1, 0.15) is 63.2 Å². The van der Waals surface area contributed by atoms with Crippen LogP contribution in [0.5, 0.6) is 5.75 Å². The average Bonchev–Trinajstić information content (AvgIpc) is 2.44. The van der Waals surface area contributed by atoms with Gasteiger partial charge in [-0.2, -0.15) is 0 Å². The van der Waals surface area contributed by atoms with Gasteiger partial charge >= 0.3 is 5.97 Å². The van der Waals surface area contributed by atoms with E-state index in [2.05, 4.69) is 5.32 Å². The first kappa shape index (κ1) is 19.0. The maximum absolute atomic E-state index is 12.0. The second-order valence-corrected chi connectivity index (χ2v) is 6.55. The van der Waals surface area contributed by atoms with Crippen molar-refractivity contribution in [1.29, 1.82) is 0 Å².